The molecule has 118 valence electrons. The monoisotopic (exact) mass is 340 g/mol. The van der Waals surface area contributed by atoms with E-state index in [-0.39, 0.29) is 5.91 Å². The van der Waals surface area contributed by atoms with Crippen molar-refractivity contribution in [2.45, 2.75) is 25.7 Å². The Hall–Kier alpha value is -1.47. The van der Waals surface area contributed by atoms with Gasteiger partial charge in [0, 0.05) is 17.5 Å². The van der Waals surface area contributed by atoms with Crippen LogP contribution in [0.2, 0.25) is 5.02 Å². The summed E-state index contributed by atoms with van der Waals surface area (Å²) >= 11 is 7.18. The molecule has 1 amide bonds. The lowest BCUT2D eigenvalue weighted by atomic mass is 10.0. The van der Waals surface area contributed by atoms with Crippen LogP contribution >= 0.6 is 22.9 Å². The first-order valence-corrected chi connectivity index (χ1v) is 7.94. The van der Waals surface area contributed by atoms with E-state index in [2.05, 4.69) is 10.3 Å². The van der Waals surface area contributed by atoms with Gasteiger partial charge in [0.05, 0.1) is 18.8 Å². The molecule has 7 heteroatoms. The minimum atomic E-state index is -0.821. The number of nitrogens with zero attached hydrogens (tertiary/aromatic N) is 1. The van der Waals surface area contributed by atoms with Crippen molar-refractivity contribution in [1.82, 2.24) is 10.3 Å². The van der Waals surface area contributed by atoms with Gasteiger partial charge in [-0.05, 0) is 24.6 Å². The van der Waals surface area contributed by atoms with E-state index in [9.17, 15) is 9.90 Å². The third-order valence-corrected chi connectivity index (χ3v) is 4.17. The molecule has 1 aromatic heterocycles. The molecule has 2 rings (SSSR count). The van der Waals surface area contributed by atoms with Crippen molar-refractivity contribution in [1.29, 1.82) is 0 Å². The molecule has 0 saturated heterocycles. The first-order valence-electron chi connectivity index (χ1n) is 6.69. The molecule has 1 heterocycles. The van der Waals surface area contributed by atoms with Crippen LogP contribution in [0.4, 0.5) is 0 Å². The molecule has 2 N–H and O–H groups in total. The number of methoxy groups -OCH3 is 1. The summed E-state index contributed by atoms with van der Waals surface area (Å²) in [5, 5.41) is 16.0. The SMILES string of the molecule is COCc1nc(C(=O)NC(C)C(O)c2ccc(Cl)cc2)cs1. The molecule has 0 aliphatic rings. The van der Waals surface area contributed by atoms with Crippen LogP contribution in [0.15, 0.2) is 29.6 Å². The zero-order chi connectivity index (χ0) is 16.1. The Morgan fingerprint density at radius 2 is 2.14 bits per heavy atom. The first-order chi connectivity index (χ1) is 10.5. The van der Waals surface area contributed by atoms with Crippen LogP contribution < -0.4 is 5.32 Å². The smallest absolute Gasteiger partial charge is 0.271 e. The number of nitrogens with one attached hydrogen (secondary N) is 1. The van der Waals surface area contributed by atoms with Crippen molar-refractivity contribution in [3.05, 3.63) is 50.9 Å². The Kier molecular flexibility index (Phi) is 5.90. The summed E-state index contributed by atoms with van der Waals surface area (Å²) in [6.45, 7) is 2.11. The van der Waals surface area contributed by atoms with Gasteiger partial charge in [-0.1, -0.05) is 23.7 Å². The van der Waals surface area contributed by atoms with Crippen molar-refractivity contribution in [2.24, 2.45) is 0 Å². The molecule has 1 aromatic carbocycles. The molecule has 0 bridgehead atoms. The molecule has 0 aliphatic heterocycles. The fourth-order valence-electron chi connectivity index (χ4n) is 1.91. The van der Waals surface area contributed by atoms with Crippen LogP contribution in [-0.2, 0) is 11.3 Å². The minimum absolute atomic E-state index is 0.320. The van der Waals surface area contributed by atoms with E-state index in [1.165, 1.54) is 11.3 Å². The highest BCUT2D eigenvalue weighted by Crippen LogP contribution is 2.19. The topological polar surface area (TPSA) is 71.5 Å². The second kappa shape index (κ2) is 7.69. The van der Waals surface area contributed by atoms with Crippen molar-refractivity contribution >= 4 is 28.8 Å². The van der Waals surface area contributed by atoms with Gasteiger partial charge in [0.15, 0.2) is 0 Å². The molecule has 0 aliphatic carbocycles. The van der Waals surface area contributed by atoms with E-state index < -0.39 is 12.1 Å². The highest BCUT2D eigenvalue weighted by atomic mass is 35.5. The number of amides is 1. The van der Waals surface area contributed by atoms with Gasteiger partial charge in [0.2, 0.25) is 0 Å². The van der Waals surface area contributed by atoms with Crippen LogP contribution in [0.1, 0.15) is 34.1 Å². The van der Waals surface area contributed by atoms with E-state index in [4.69, 9.17) is 16.3 Å². The molecule has 22 heavy (non-hydrogen) atoms. The zero-order valence-electron chi connectivity index (χ0n) is 12.2. The number of aliphatic hydroxyl groups excluding tert-OH is 1. The largest absolute Gasteiger partial charge is 0.386 e. The average molecular weight is 341 g/mol. The highest BCUT2D eigenvalue weighted by molar-refractivity contribution is 7.09. The molecular formula is C15H17ClN2O3S. The van der Waals surface area contributed by atoms with Gasteiger partial charge in [-0.2, -0.15) is 0 Å². The average Bonchev–Trinajstić information content (AvgIpc) is 2.96. The molecule has 2 unspecified atom stereocenters. The second-order valence-electron chi connectivity index (χ2n) is 4.82. The summed E-state index contributed by atoms with van der Waals surface area (Å²) in [4.78, 5) is 16.3. The maximum Gasteiger partial charge on any atom is 0.271 e. The molecule has 2 aromatic rings. The summed E-state index contributed by atoms with van der Waals surface area (Å²) in [5.74, 6) is -0.320. The Bertz CT molecular complexity index is 630. The van der Waals surface area contributed by atoms with Gasteiger partial charge < -0.3 is 15.2 Å². The first kappa shape index (κ1) is 16.9. The van der Waals surface area contributed by atoms with Crippen molar-refractivity contribution in [2.75, 3.05) is 7.11 Å². The molecule has 0 fully saturated rings. The highest BCUT2D eigenvalue weighted by Gasteiger charge is 2.20. The van der Waals surface area contributed by atoms with Crippen LogP contribution in [-0.4, -0.2) is 29.1 Å². The van der Waals surface area contributed by atoms with Gasteiger partial charge in [-0.3, -0.25) is 4.79 Å². The number of aromatic nitrogens is 1. The van der Waals surface area contributed by atoms with E-state index in [1.54, 1.807) is 43.7 Å². The number of thiazole rings is 1. The van der Waals surface area contributed by atoms with E-state index in [1.807, 2.05) is 0 Å². The fourth-order valence-corrected chi connectivity index (χ4v) is 2.78. The second-order valence-corrected chi connectivity index (χ2v) is 6.20. The summed E-state index contributed by atoms with van der Waals surface area (Å²) < 4.78 is 4.97. The molecule has 0 saturated carbocycles. The maximum absolute atomic E-state index is 12.1. The molecule has 2 atom stereocenters. The minimum Gasteiger partial charge on any atom is -0.386 e. The van der Waals surface area contributed by atoms with Gasteiger partial charge >= 0.3 is 0 Å². The lowest BCUT2D eigenvalue weighted by molar-refractivity contribution is 0.0847. The number of carbonyl (C=O) groups excluding carboxylic acids is 1. The van der Waals surface area contributed by atoms with E-state index in [0.717, 1.165) is 5.01 Å². The predicted molar refractivity (Wildman–Crippen MR) is 86.2 cm³/mol. The van der Waals surface area contributed by atoms with Crippen molar-refractivity contribution in [3.8, 4) is 0 Å². The fraction of sp³-hybridized carbons (Fsp3) is 0.333. The summed E-state index contributed by atoms with van der Waals surface area (Å²) in [6.07, 6.45) is -0.821. The Labute approximate surface area is 137 Å². The number of rotatable bonds is 6. The van der Waals surface area contributed by atoms with Gasteiger partial charge in [-0.15, -0.1) is 11.3 Å². The zero-order valence-corrected chi connectivity index (χ0v) is 13.8. The number of benzene rings is 1. The molecular weight excluding hydrogens is 324 g/mol. The summed E-state index contributed by atoms with van der Waals surface area (Å²) in [7, 11) is 1.58. The van der Waals surface area contributed by atoms with Crippen LogP contribution in [0, 0.1) is 0 Å². The van der Waals surface area contributed by atoms with Gasteiger partial charge in [0.1, 0.15) is 10.7 Å². The molecule has 5 nitrogen and oxygen atoms in total. The van der Waals surface area contributed by atoms with Gasteiger partial charge in [-0.25, -0.2) is 4.98 Å². The number of hydrogen-bond donors (Lipinski definition) is 2. The van der Waals surface area contributed by atoms with Crippen LogP contribution in [0.5, 0.6) is 0 Å². The standard InChI is InChI=1S/C15H17ClN2O3S/c1-9(14(19)10-3-5-11(16)6-4-10)17-15(20)12-8-22-13(18-12)7-21-2/h3-6,8-9,14,19H,7H2,1-2H3,(H,17,20). The quantitative estimate of drug-likeness (QED) is 0.848. The number of ether oxygens (including phenoxy) is 1. The third kappa shape index (κ3) is 4.27. The van der Waals surface area contributed by atoms with E-state index >= 15 is 0 Å². The lowest BCUT2D eigenvalue weighted by Gasteiger charge is -2.20. The number of hydrogen-bond acceptors (Lipinski definition) is 5. The van der Waals surface area contributed by atoms with Crippen molar-refractivity contribution in [3.63, 3.8) is 0 Å². The van der Waals surface area contributed by atoms with Crippen LogP contribution in [0.25, 0.3) is 0 Å². The molecule has 0 spiro atoms. The maximum atomic E-state index is 12.1. The normalized spacial score (nSPS) is 13.6. The third-order valence-electron chi connectivity index (χ3n) is 3.10. The van der Waals surface area contributed by atoms with E-state index in [0.29, 0.717) is 22.9 Å². The number of aliphatic hydroxyl groups is 1. The summed E-state index contributed by atoms with van der Waals surface area (Å²) in [6, 6.07) is 6.41. The number of carbonyl (C=O) groups is 1. The Morgan fingerprint density at radius 3 is 2.77 bits per heavy atom. The Morgan fingerprint density at radius 1 is 1.45 bits per heavy atom. The lowest BCUT2D eigenvalue weighted by Crippen LogP contribution is -2.37. The summed E-state index contributed by atoms with van der Waals surface area (Å²) in [5.41, 5.74) is 1.02. The van der Waals surface area contributed by atoms with Crippen molar-refractivity contribution < 1.29 is 14.6 Å². The van der Waals surface area contributed by atoms with Crippen LogP contribution in [0.3, 0.4) is 0 Å². The van der Waals surface area contributed by atoms with Gasteiger partial charge in [0.25, 0.3) is 5.91 Å². The predicted octanol–water partition coefficient (Wildman–Crippen LogP) is 2.79. The Balaban J connectivity index is 1.99. The molecule has 0 radical (unpaired) electrons. The number of halogens is 1.